The Morgan fingerprint density at radius 3 is 2.50 bits per heavy atom. The number of carbonyl (C=O) groups is 1. The number of nitrogens with zero attached hydrogens (tertiary/aromatic N) is 1. The van der Waals surface area contributed by atoms with E-state index in [0.29, 0.717) is 24.7 Å². The van der Waals surface area contributed by atoms with Gasteiger partial charge in [0.05, 0.1) is 12.5 Å². The molecule has 1 amide bonds. The third-order valence-corrected chi connectivity index (χ3v) is 4.22. The first-order chi connectivity index (χ1) is 10.4. The molecule has 0 radical (unpaired) electrons. The molecular formula is C15H18ClF3N2O. The van der Waals surface area contributed by atoms with Crippen molar-refractivity contribution in [3.63, 3.8) is 0 Å². The number of hydrogen-bond donors (Lipinski definition) is 1. The molecule has 2 rings (SSSR count). The summed E-state index contributed by atoms with van der Waals surface area (Å²) in [5, 5.41) is 3.32. The van der Waals surface area contributed by atoms with Crippen molar-refractivity contribution >= 4 is 17.5 Å². The van der Waals surface area contributed by atoms with Gasteiger partial charge in [0.2, 0.25) is 5.91 Å². The Kier molecular flexibility index (Phi) is 5.69. The number of hydrogen-bond acceptors (Lipinski definition) is 2. The molecule has 0 bridgehead atoms. The maximum Gasteiger partial charge on any atom is 0.391 e. The molecule has 0 unspecified atom stereocenters. The summed E-state index contributed by atoms with van der Waals surface area (Å²) in [6, 6.07) is 7.19. The van der Waals surface area contributed by atoms with Gasteiger partial charge in [-0.15, -0.1) is 0 Å². The van der Waals surface area contributed by atoms with Crippen molar-refractivity contribution in [2.24, 2.45) is 5.92 Å². The number of likely N-dealkylation sites (tertiary alicyclic amines) is 1. The lowest BCUT2D eigenvalue weighted by atomic mass is 9.96. The fourth-order valence-electron chi connectivity index (χ4n) is 2.51. The largest absolute Gasteiger partial charge is 0.391 e. The van der Waals surface area contributed by atoms with E-state index in [2.05, 4.69) is 5.32 Å². The van der Waals surface area contributed by atoms with Gasteiger partial charge in [-0.1, -0.05) is 29.8 Å². The topological polar surface area (TPSA) is 32.3 Å². The second kappa shape index (κ2) is 7.33. The van der Waals surface area contributed by atoms with E-state index < -0.39 is 12.1 Å². The number of piperidine rings is 1. The zero-order valence-electron chi connectivity index (χ0n) is 12.0. The average molecular weight is 335 g/mol. The molecule has 0 atom stereocenters. The fourth-order valence-corrected chi connectivity index (χ4v) is 2.72. The van der Waals surface area contributed by atoms with Crippen LogP contribution >= 0.6 is 11.6 Å². The molecule has 7 heteroatoms. The minimum absolute atomic E-state index is 0.0568. The first-order valence-electron chi connectivity index (χ1n) is 7.15. The smallest absolute Gasteiger partial charge is 0.351 e. The lowest BCUT2D eigenvalue weighted by Crippen LogP contribution is -2.43. The van der Waals surface area contributed by atoms with Crippen molar-refractivity contribution in [2.75, 3.05) is 19.6 Å². The van der Waals surface area contributed by atoms with E-state index in [1.807, 2.05) is 12.1 Å². The zero-order chi connectivity index (χ0) is 16.2. The first kappa shape index (κ1) is 17.1. The molecule has 22 heavy (non-hydrogen) atoms. The molecule has 1 N–H and O–H groups in total. The van der Waals surface area contributed by atoms with Crippen molar-refractivity contribution in [3.05, 3.63) is 34.9 Å². The molecule has 122 valence electrons. The number of amides is 1. The summed E-state index contributed by atoms with van der Waals surface area (Å²) < 4.78 is 37.7. The minimum Gasteiger partial charge on any atom is -0.351 e. The molecule has 0 spiro atoms. The second-order valence-corrected chi connectivity index (χ2v) is 5.87. The van der Waals surface area contributed by atoms with Crippen LogP contribution in [-0.2, 0) is 11.3 Å². The monoisotopic (exact) mass is 334 g/mol. The van der Waals surface area contributed by atoms with Crippen LogP contribution in [0.15, 0.2) is 24.3 Å². The molecule has 1 aliphatic rings. The van der Waals surface area contributed by atoms with E-state index in [4.69, 9.17) is 11.6 Å². The van der Waals surface area contributed by atoms with Crippen molar-refractivity contribution in [2.45, 2.75) is 25.6 Å². The van der Waals surface area contributed by atoms with Gasteiger partial charge in [0, 0.05) is 11.6 Å². The Bertz CT molecular complexity index is 514. The van der Waals surface area contributed by atoms with E-state index >= 15 is 0 Å². The lowest BCUT2D eigenvalue weighted by Gasteiger charge is -2.32. The van der Waals surface area contributed by atoms with E-state index in [9.17, 15) is 18.0 Å². The van der Waals surface area contributed by atoms with Crippen molar-refractivity contribution in [1.29, 1.82) is 0 Å². The molecule has 0 aromatic heterocycles. The first-order valence-corrected chi connectivity index (χ1v) is 7.53. The highest BCUT2D eigenvalue weighted by atomic mass is 35.5. The summed E-state index contributed by atoms with van der Waals surface area (Å²) in [4.78, 5) is 13.6. The Morgan fingerprint density at radius 1 is 1.27 bits per heavy atom. The van der Waals surface area contributed by atoms with Crippen LogP contribution in [0, 0.1) is 5.92 Å². The van der Waals surface area contributed by atoms with Crippen LogP contribution in [0.5, 0.6) is 0 Å². The highest BCUT2D eigenvalue weighted by molar-refractivity contribution is 6.31. The molecule has 1 aliphatic heterocycles. The number of alkyl halides is 3. The minimum atomic E-state index is -4.13. The average Bonchev–Trinajstić information content (AvgIpc) is 2.46. The van der Waals surface area contributed by atoms with Gasteiger partial charge in [0.15, 0.2) is 0 Å². The SMILES string of the molecule is O=C(CN1CCC(C(F)(F)F)CC1)NCc1ccccc1Cl. The van der Waals surface area contributed by atoms with Gasteiger partial charge in [-0.25, -0.2) is 0 Å². The Balaban J connectivity index is 1.74. The van der Waals surface area contributed by atoms with Crippen LogP contribution in [0.2, 0.25) is 5.02 Å². The lowest BCUT2D eigenvalue weighted by molar-refractivity contribution is -0.185. The maximum absolute atomic E-state index is 12.6. The van der Waals surface area contributed by atoms with Gasteiger partial charge >= 0.3 is 6.18 Å². The molecule has 1 aromatic carbocycles. The molecule has 1 fully saturated rings. The molecule has 1 heterocycles. The zero-order valence-corrected chi connectivity index (χ0v) is 12.8. The Morgan fingerprint density at radius 2 is 1.91 bits per heavy atom. The van der Waals surface area contributed by atoms with E-state index in [-0.39, 0.29) is 25.3 Å². The Labute approximate surface area is 132 Å². The van der Waals surface area contributed by atoms with Crippen molar-refractivity contribution < 1.29 is 18.0 Å². The second-order valence-electron chi connectivity index (χ2n) is 5.46. The summed E-state index contributed by atoms with van der Waals surface area (Å²) in [6.45, 7) is 1.03. The van der Waals surface area contributed by atoms with Crippen LogP contribution in [0.25, 0.3) is 0 Å². The van der Waals surface area contributed by atoms with Crippen molar-refractivity contribution in [3.8, 4) is 0 Å². The van der Waals surface area contributed by atoms with Gasteiger partial charge in [0.1, 0.15) is 0 Å². The summed E-state index contributed by atoms with van der Waals surface area (Å²) in [7, 11) is 0. The highest BCUT2D eigenvalue weighted by Gasteiger charge is 2.41. The molecule has 1 aromatic rings. The fraction of sp³-hybridized carbons (Fsp3) is 0.533. The number of halogens is 4. The standard InChI is InChI=1S/C15H18ClF3N2O/c16-13-4-2-1-3-11(13)9-20-14(22)10-21-7-5-12(6-8-21)15(17,18)19/h1-4,12H,5-10H2,(H,20,22). The van der Waals surface area contributed by atoms with Crippen molar-refractivity contribution in [1.82, 2.24) is 10.2 Å². The molecule has 3 nitrogen and oxygen atoms in total. The summed E-state index contributed by atoms with van der Waals surface area (Å²) >= 11 is 5.99. The summed E-state index contributed by atoms with van der Waals surface area (Å²) in [5.41, 5.74) is 0.813. The van der Waals surface area contributed by atoms with Crippen LogP contribution in [0.4, 0.5) is 13.2 Å². The van der Waals surface area contributed by atoms with E-state index in [1.165, 1.54) is 0 Å². The molecule has 0 saturated carbocycles. The quantitative estimate of drug-likeness (QED) is 0.917. The van der Waals surface area contributed by atoms with Gasteiger partial charge in [0.25, 0.3) is 0 Å². The summed E-state index contributed by atoms with van der Waals surface area (Å²) in [5.74, 6) is -1.44. The number of nitrogens with one attached hydrogen (secondary N) is 1. The maximum atomic E-state index is 12.6. The number of benzene rings is 1. The predicted octanol–water partition coefficient (Wildman–Crippen LogP) is 3.23. The predicted molar refractivity (Wildman–Crippen MR) is 78.5 cm³/mol. The van der Waals surface area contributed by atoms with Crippen LogP contribution in [-0.4, -0.2) is 36.6 Å². The third-order valence-electron chi connectivity index (χ3n) is 3.85. The summed E-state index contributed by atoms with van der Waals surface area (Å²) in [6.07, 6.45) is -4.01. The Hall–Kier alpha value is -1.27. The van der Waals surface area contributed by atoms with Crippen LogP contribution in [0.1, 0.15) is 18.4 Å². The van der Waals surface area contributed by atoms with Gasteiger partial charge in [-0.2, -0.15) is 13.2 Å². The normalized spacial score (nSPS) is 17.5. The van der Waals surface area contributed by atoms with Gasteiger partial charge in [-0.3, -0.25) is 9.69 Å². The molecule has 1 saturated heterocycles. The number of carbonyl (C=O) groups excluding carboxylic acids is 1. The van der Waals surface area contributed by atoms with Crippen LogP contribution in [0.3, 0.4) is 0 Å². The highest BCUT2D eigenvalue weighted by Crippen LogP contribution is 2.33. The molecular weight excluding hydrogens is 317 g/mol. The molecule has 0 aliphatic carbocycles. The van der Waals surface area contributed by atoms with Crippen LogP contribution < -0.4 is 5.32 Å². The van der Waals surface area contributed by atoms with E-state index in [1.54, 1.807) is 17.0 Å². The van der Waals surface area contributed by atoms with E-state index in [0.717, 1.165) is 5.56 Å². The van der Waals surface area contributed by atoms with Gasteiger partial charge in [-0.05, 0) is 37.6 Å². The third kappa shape index (κ3) is 4.88. The van der Waals surface area contributed by atoms with Gasteiger partial charge < -0.3 is 5.32 Å². The number of rotatable bonds is 4.